The van der Waals surface area contributed by atoms with Gasteiger partial charge >= 0.3 is 0 Å². The molecule has 1 atom stereocenters. The molecule has 0 aliphatic carbocycles. The van der Waals surface area contributed by atoms with Gasteiger partial charge in [-0.05, 0) is 38.9 Å². The van der Waals surface area contributed by atoms with Crippen molar-refractivity contribution in [2.75, 3.05) is 6.54 Å². The summed E-state index contributed by atoms with van der Waals surface area (Å²) >= 11 is 1.88. The quantitative estimate of drug-likeness (QED) is 0.756. The van der Waals surface area contributed by atoms with Crippen LogP contribution in [0.3, 0.4) is 0 Å². The summed E-state index contributed by atoms with van der Waals surface area (Å²) in [6.45, 7) is 7.68. The molecule has 1 aromatic rings. The second kappa shape index (κ2) is 4.63. The van der Waals surface area contributed by atoms with Crippen LogP contribution in [0.5, 0.6) is 0 Å². The molecular weight excluding hydrogens is 166 g/mol. The SMILES string of the molecule is CCCN[C@@H](C)c1ccc(C)s1. The van der Waals surface area contributed by atoms with E-state index in [1.807, 2.05) is 11.3 Å². The van der Waals surface area contributed by atoms with Gasteiger partial charge in [-0.3, -0.25) is 0 Å². The Morgan fingerprint density at radius 1 is 1.50 bits per heavy atom. The highest BCUT2D eigenvalue weighted by atomic mass is 32.1. The molecule has 0 spiro atoms. The highest BCUT2D eigenvalue weighted by Crippen LogP contribution is 2.21. The monoisotopic (exact) mass is 183 g/mol. The largest absolute Gasteiger partial charge is 0.309 e. The maximum absolute atomic E-state index is 3.47. The van der Waals surface area contributed by atoms with Gasteiger partial charge in [0.15, 0.2) is 0 Å². The van der Waals surface area contributed by atoms with Gasteiger partial charge in [-0.2, -0.15) is 0 Å². The predicted octanol–water partition coefficient (Wildman–Crippen LogP) is 3.12. The Bertz CT molecular complexity index is 229. The first-order valence-corrected chi connectivity index (χ1v) is 5.35. The van der Waals surface area contributed by atoms with Crippen LogP contribution in [0.15, 0.2) is 12.1 Å². The maximum atomic E-state index is 3.47. The summed E-state index contributed by atoms with van der Waals surface area (Å²) in [5.41, 5.74) is 0. The van der Waals surface area contributed by atoms with E-state index in [0.29, 0.717) is 6.04 Å². The van der Waals surface area contributed by atoms with Gasteiger partial charge in [0, 0.05) is 15.8 Å². The number of nitrogens with one attached hydrogen (secondary N) is 1. The average molecular weight is 183 g/mol. The molecule has 12 heavy (non-hydrogen) atoms. The summed E-state index contributed by atoms with van der Waals surface area (Å²) in [6.07, 6.45) is 1.20. The molecule has 0 unspecified atom stereocenters. The van der Waals surface area contributed by atoms with Crippen molar-refractivity contribution in [1.29, 1.82) is 0 Å². The Labute approximate surface area is 78.8 Å². The maximum Gasteiger partial charge on any atom is 0.0386 e. The zero-order chi connectivity index (χ0) is 8.97. The molecule has 0 aliphatic heterocycles. The van der Waals surface area contributed by atoms with E-state index in [4.69, 9.17) is 0 Å². The van der Waals surface area contributed by atoms with Gasteiger partial charge in [-0.25, -0.2) is 0 Å². The number of hydrogen-bond donors (Lipinski definition) is 1. The van der Waals surface area contributed by atoms with Crippen molar-refractivity contribution < 1.29 is 0 Å². The molecule has 0 saturated carbocycles. The van der Waals surface area contributed by atoms with E-state index >= 15 is 0 Å². The van der Waals surface area contributed by atoms with E-state index < -0.39 is 0 Å². The van der Waals surface area contributed by atoms with E-state index in [1.165, 1.54) is 16.2 Å². The van der Waals surface area contributed by atoms with Crippen molar-refractivity contribution in [1.82, 2.24) is 5.32 Å². The van der Waals surface area contributed by atoms with Crippen LogP contribution in [0.4, 0.5) is 0 Å². The fourth-order valence-corrected chi connectivity index (χ4v) is 2.05. The molecule has 1 aromatic heterocycles. The van der Waals surface area contributed by atoms with E-state index in [2.05, 4.69) is 38.2 Å². The summed E-state index contributed by atoms with van der Waals surface area (Å²) < 4.78 is 0. The molecule has 68 valence electrons. The first-order chi connectivity index (χ1) is 5.74. The first kappa shape index (κ1) is 9.75. The summed E-state index contributed by atoms with van der Waals surface area (Å²) in [5.74, 6) is 0. The highest BCUT2D eigenvalue weighted by molar-refractivity contribution is 7.12. The minimum atomic E-state index is 0.517. The summed E-state index contributed by atoms with van der Waals surface area (Å²) in [4.78, 5) is 2.84. The molecule has 0 saturated heterocycles. The number of hydrogen-bond acceptors (Lipinski definition) is 2. The number of thiophene rings is 1. The van der Waals surface area contributed by atoms with Gasteiger partial charge in [-0.15, -0.1) is 11.3 Å². The molecule has 0 aromatic carbocycles. The lowest BCUT2D eigenvalue weighted by atomic mass is 10.2. The van der Waals surface area contributed by atoms with Crippen molar-refractivity contribution in [3.05, 3.63) is 21.9 Å². The van der Waals surface area contributed by atoms with Gasteiger partial charge < -0.3 is 5.32 Å². The first-order valence-electron chi connectivity index (χ1n) is 4.53. The molecule has 1 N–H and O–H groups in total. The molecule has 0 fully saturated rings. The third-order valence-corrected chi connectivity index (χ3v) is 3.07. The smallest absolute Gasteiger partial charge is 0.0386 e. The number of aryl methyl sites for hydroxylation is 1. The average Bonchev–Trinajstić information content (AvgIpc) is 2.47. The Morgan fingerprint density at radius 3 is 2.75 bits per heavy atom. The lowest BCUT2D eigenvalue weighted by molar-refractivity contribution is 0.578. The molecule has 0 bridgehead atoms. The van der Waals surface area contributed by atoms with Gasteiger partial charge in [0.2, 0.25) is 0 Å². The zero-order valence-corrected chi connectivity index (χ0v) is 8.87. The topological polar surface area (TPSA) is 12.0 Å². The Kier molecular flexibility index (Phi) is 3.76. The third-order valence-electron chi connectivity index (χ3n) is 1.89. The van der Waals surface area contributed by atoms with Crippen LogP contribution in [0.2, 0.25) is 0 Å². The highest BCUT2D eigenvalue weighted by Gasteiger charge is 2.04. The molecule has 0 amide bonds. The fraction of sp³-hybridized carbons (Fsp3) is 0.600. The van der Waals surface area contributed by atoms with Crippen molar-refractivity contribution >= 4 is 11.3 Å². The summed E-state index contributed by atoms with van der Waals surface area (Å²) in [5, 5.41) is 3.47. The summed E-state index contributed by atoms with van der Waals surface area (Å²) in [6, 6.07) is 4.92. The van der Waals surface area contributed by atoms with Crippen LogP contribution >= 0.6 is 11.3 Å². The van der Waals surface area contributed by atoms with Crippen molar-refractivity contribution in [3.63, 3.8) is 0 Å². The van der Waals surface area contributed by atoms with Crippen LogP contribution in [0.1, 0.15) is 36.1 Å². The zero-order valence-electron chi connectivity index (χ0n) is 8.05. The molecule has 0 aliphatic rings. The molecule has 0 radical (unpaired) electrons. The van der Waals surface area contributed by atoms with Crippen molar-refractivity contribution in [3.8, 4) is 0 Å². The molecule has 1 nitrogen and oxygen atoms in total. The fourth-order valence-electron chi connectivity index (χ4n) is 1.15. The van der Waals surface area contributed by atoms with Gasteiger partial charge in [0.1, 0.15) is 0 Å². The van der Waals surface area contributed by atoms with E-state index in [0.717, 1.165) is 6.54 Å². The van der Waals surface area contributed by atoms with Crippen molar-refractivity contribution in [2.24, 2.45) is 0 Å². The number of rotatable bonds is 4. The molecular formula is C10H17NS. The van der Waals surface area contributed by atoms with E-state index in [-0.39, 0.29) is 0 Å². The lowest BCUT2D eigenvalue weighted by Gasteiger charge is -2.10. The minimum Gasteiger partial charge on any atom is -0.309 e. The van der Waals surface area contributed by atoms with Crippen LogP contribution in [-0.2, 0) is 0 Å². The van der Waals surface area contributed by atoms with E-state index in [9.17, 15) is 0 Å². The van der Waals surface area contributed by atoms with Crippen molar-refractivity contribution in [2.45, 2.75) is 33.2 Å². The second-order valence-electron chi connectivity index (χ2n) is 3.12. The molecule has 1 heterocycles. The molecule has 1 rings (SSSR count). The van der Waals surface area contributed by atoms with E-state index in [1.54, 1.807) is 0 Å². The van der Waals surface area contributed by atoms with Crippen LogP contribution in [-0.4, -0.2) is 6.54 Å². The van der Waals surface area contributed by atoms with Crippen LogP contribution in [0.25, 0.3) is 0 Å². The minimum absolute atomic E-state index is 0.517. The summed E-state index contributed by atoms with van der Waals surface area (Å²) in [7, 11) is 0. The normalized spacial score (nSPS) is 13.2. The van der Waals surface area contributed by atoms with Gasteiger partial charge in [0.25, 0.3) is 0 Å². The third kappa shape index (κ3) is 2.61. The Hall–Kier alpha value is -0.340. The Balaban J connectivity index is 2.47. The van der Waals surface area contributed by atoms with Gasteiger partial charge in [-0.1, -0.05) is 6.92 Å². The standard InChI is InChI=1S/C10H17NS/c1-4-7-11-9(3)10-6-5-8(2)12-10/h5-6,9,11H,4,7H2,1-3H3/t9-/m0/s1. The molecule has 2 heteroatoms. The lowest BCUT2D eigenvalue weighted by Crippen LogP contribution is -2.18. The predicted molar refractivity (Wildman–Crippen MR) is 55.8 cm³/mol. The van der Waals surface area contributed by atoms with Crippen LogP contribution in [0, 0.1) is 6.92 Å². The van der Waals surface area contributed by atoms with Crippen LogP contribution < -0.4 is 5.32 Å². The van der Waals surface area contributed by atoms with Gasteiger partial charge in [0.05, 0.1) is 0 Å². The second-order valence-corrected chi connectivity index (χ2v) is 4.44. The Morgan fingerprint density at radius 2 is 2.25 bits per heavy atom.